The minimum atomic E-state index is 0.769. The largest absolute Gasteiger partial charge is 0.494 e. The van der Waals surface area contributed by atoms with Crippen LogP contribution < -0.4 is 10.1 Å². The van der Waals surface area contributed by atoms with Crippen LogP contribution in [0.25, 0.3) is 0 Å². The van der Waals surface area contributed by atoms with E-state index in [9.17, 15) is 0 Å². The highest BCUT2D eigenvalue weighted by Crippen LogP contribution is 2.21. The highest BCUT2D eigenvalue weighted by atomic mass is 35.5. The lowest BCUT2D eigenvalue weighted by Crippen LogP contribution is -2.43. The molecule has 1 aliphatic heterocycles. The predicted octanol–water partition coefficient (Wildman–Crippen LogP) is 2.32. The average Bonchev–Trinajstić information content (AvgIpc) is 2.40. The molecule has 1 aromatic rings. The first-order valence-electron chi connectivity index (χ1n) is 6.58. The summed E-state index contributed by atoms with van der Waals surface area (Å²) in [5, 5.41) is 4.15. The van der Waals surface area contributed by atoms with Crippen LogP contribution in [-0.2, 0) is 0 Å². The highest BCUT2D eigenvalue weighted by Gasteiger charge is 2.08. The second-order valence-corrected chi connectivity index (χ2v) is 5.11. The van der Waals surface area contributed by atoms with Crippen molar-refractivity contribution in [1.82, 2.24) is 10.2 Å². The van der Waals surface area contributed by atoms with Crippen molar-refractivity contribution >= 4 is 11.6 Å². The lowest BCUT2D eigenvalue weighted by atomic mass is 10.2. The van der Waals surface area contributed by atoms with Gasteiger partial charge >= 0.3 is 0 Å². The van der Waals surface area contributed by atoms with Crippen molar-refractivity contribution in [2.24, 2.45) is 0 Å². The number of ether oxygens (including phenoxy) is 1. The standard InChI is InChI=1S/C14H21ClN2O/c1-12-11-13(3-4-14(12)15)18-10-2-7-17-8-5-16-6-9-17/h3-4,11,16H,2,5-10H2,1H3. The fourth-order valence-corrected chi connectivity index (χ4v) is 2.24. The minimum Gasteiger partial charge on any atom is -0.494 e. The number of rotatable bonds is 5. The van der Waals surface area contributed by atoms with E-state index in [2.05, 4.69) is 10.2 Å². The van der Waals surface area contributed by atoms with Gasteiger partial charge in [-0.1, -0.05) is 11.6 Å². The molecule has 0 aromatic heterocycles. The Bertz CT molecular complexity index is 378. The first-order chi connectivity index (χ1) is 8.75. The lowest BCUT2D eigenvalue weighted by molar-refractivity contribution is 0.214. The molecule has 0 unspecified atom stereocenters. The third-order valence-electron chi connectivity index (χ3n) is 3.23. The molecule has 0 aliphatic carbocycles. The molecular weight excluding hydrogens is 248 g/mol. The SMILES string of the molecule is Cc1cc(OCCCN2CCNCC2)ccc1Cl. The molecule has 1 N–H and O–H groups in total. The Morgan fingerprint density at radius 1 is 1.33 bits per heavy atom. The zero-order chi connectivity index (χ0) is 12.8. The second-order valence-electron chi connectivity index (χ2n) is 4.70. The summed E-state index contributed by atoms with van der Waals surface area (Å²) in [7, 11) is 0. The second kappa shape index (κ2) is 6.98. The number of nitrogens with one attached hydrogen (secondary N) is 1. The number of nitrogens with zero attached hydrogens (tertiary/aromatic N) is 1. The smallest absolute Gasteiger partial charge is 0.119 e. The zero-order valence-electron chi connectivity index (χ0n) is 10.9. The van der Waals surface area contributed by atoms with Crippen molar-refractivity contribution in [1.29, 1.82) is 0 Å². The molecule has 18 heavy (non-hydrogen) atoms. The van der Waals surface area contributed by atoms with E-state index in [1.54, 1.807) is 0 Å². The van der Waals surface area contributed by atoms with Crippen LogP contribution in [0.4, 0.5) is 0 Å². The molecule has 1 aromatic carbocycles. The van der Waals surface area contributed by atoms with Gasteiger partial charge in [-0.15, -0.1) is 0 Å². The van der Waals surface area contributed by atoms with Gasteiger partial charge in [-0.25, -0.2) is 0 Å². The normalized spacial score (nSPS) is 16.8. The molecule has 3 nitrogen and oxygen atoms in total. The number of aryl methyl sites for hydroxylation is 1. The van der Waals surface area contributed by atoms with Gasteiger partial charge < -0.3 is 15.0 Å². The molecule has 1 heterocycles. The number of hydrogen-bond donors (Lipinski definition) is 1. The van der Waals surface area contributed by atoms with Crippen molar-refractivity contribution in [2.75, 3.05) is 39.3 Å². The van der Waals surface area contributed by atoms with E-state index < -0.39 is 0 Å². The van der Waals surface area contributed by atoms with Crippen molar-refractivity contribution in [3.8, 4) is 5.75 Å². The van der Waals surface area contributed by atoms with Gasteiger partial charge in [0.15, 0.2) is 0 Å². The third kappa shape index (κ3) is 4.16. The van der Waals surface area contributed by atoms with E-state index >= 15 is 0 Å². The van der Waals surface area contributed by atoms with Gasteiger partial charge in [-0.2, -0.15) is 0 Å². The molecule has 0 amide bonds. The van der Waals surface area contributed by atoms with Crippen LogP contribution in [-0.4, -0.2) is 44.2 Å². The van der Waals surface area contributed by atoms with Gasteiger partial charge in [-0.3, -0.25) is 0 Å². The van der Waals surface area contributed by atoms with E-state index in [0.717, 1.165) is 62.1 Å². The minimum absolute atomic E-state index is 0.769. The van der Waals surface area contributed by atoms with Crippen LogP contribution in [0, 0.1) is 6.92 Å². The van der Waals surface area contributed by atoms with Crippen LogP contribution in [0.15, 0.2) is 18.2 Å². The van der Waals surface area contributed by atoms with E-state index in [1.807, 2.05) is 25.1 Å². The van der Waals surface area contributed by atoms with Crippen LogP contribution in [0.5, 0.6) is 5.75 Å². The summed E-state index contributed by atoms with van der Waals surface area (Å²) >= 11 is 5.98. The molecule has 1 saturated heterocycles. The van der Waals surface area contributed by atoms with E-state index in [4.69, 9.17) is 16.3 Å². The molecule has 0 radical (unpaired) electrons. The van der Waals surface area contributed by atoms with Crippen molar-refractivity contribution in [3.63, 3.8) is 0 Å². The number of hydrogen-bond acceptors (Lipinski definition) is 3. The average molecular weight is 269 g/mol. The van der Waals surface area contributed by atoms with Crippen molar-refractivity contribution in [2.45, 2.75) is 13.3 Å². The van der Waals surface area contributed by atoms with E-state index in [1.165, 1.54) is 0 Å². The molecule has 1 aliphatic rings. The molecule has 0 spiro atoms. The maximum atomic E-state index is 5.98. The molecule has 100 valence electrons. The summed E-state index contributed by atoms with van der Waals surface area (Å²) in [4.78, 5) is 2.48. The van der Waals surface area contributed by atoms with Crippen LogP contribution in [0.1, 0.15) is 12.0 Å². The topological polar surface area (TPSA) is 24.5 Å². The predicted molar refractivity (Wildman–Crippen MR) is 75.6 cm³/mol. The zero-order valence-corrected chi connectivity index (χ0v) is 11.7. The molecule has 1 fully saturated rings. The van der Waals surface area contributed by atoms with Crippen molar-refractivity contribution in [3.05, 3.63) is 28.8 Å². The fourth-order valence-electron chi connectivity index (χ4n) is 2.12. The monoisotopic (exact) mass is 268 g/mol. The molecule has 4 heteroatoms. The Kier molecular flexibility index (Phi) is 5.29. The maximum Gasteiger partial charge on any atom is 0.119 e. The van der Waals surface area contributed by atoms with Crippen LogP contribution in [0.2, 0.25) is 5.02 Å². The Balaban J connectivity index is 1.66. The van der Waals surface area contributed by atoms with Crippen molar-refractivity contribution < 1.29 is 4.74 Å². The first kappa shape index (κ1) is 13.7. The maximum absolute atomic E-state index is 5.98. The summed E-state index contributed by atoms with van der Waals surface area (Å²) in [6, 6.07) is 5.82. The van der Waals surface area contributed by atoms with Crippen LogP contribution in [0.3, 0.4) is 0 Å². The van der Waals surface area contributed by atoms with Gasteiger partial charge in [-0.05, 0) is 37.1 Å². The molecule has 0 bridgehead atoms. The fraction of sp³-hybridized carbons (Fsp3) is 0.571. The summed E-state index contributed by atoms with van der Waals surface area (Å²) in [6.45, 7) is 8.41. The highest BCUT2D eigenvalue weighted by molar-refractivity contribution is 6.31. The Morgan fingerprint density at radius 3 is 2.83 bits per heavy atom. The lowest BCUT2D eigenvalue weighted by Gasteiger charge is -2.26. The van der Waals surface area contributed by atoms with Gasteiger partial charge in [0, 0.05) is 37.7 Å². The summed E-state index contributed by atoms with van der Waals surface area (Å²) < 4.78 is 5.73. The van der Waals surface area contributed by atoms with Crippen LogP contribution >= 0.6 is 11.6 Å². The Morgan fingerprint density at radius 2 is 2.11 bits per heavy atom. The summed E-state index contributed by atoms with van der Waals surface area (Å²) in [5.74, 6) is 0.914. The van der Waals surface area contributed by atoms with E-state index in [-0.39, 0.29) is 0 Å². The van der Waals surface area contributed by atoms with Gasteiger partial charge in [0.25, 0.3) is 0 Å². The number of piperazine rings is 1. The number of halogens is 1. The first-order valence-corrected chi connectivity index (χ1v) is 6.95. The Labute approximate surface area is 114 Å². The van der Waals surface area contributed by atoms with Gasteiger partial charge in [0.05, 0.1) is 6.61 Å². The molecular formula is C14H21ClN2O. The van der Waals surface area contributed by atoms with Gasteiger partial charge in [0.2, 0.25) is 0 Å². The van der Waals surface area contributed by atoms with E-state index in [0.29, 0.717) is 0 Å². The summed E-state index contributed by atoms with van der Waals surface area (Å²) in [6.07, 6.45) is 1.07. The number of benzene rings is 1. The third-order valence-corrected chi connectivity index (χ3v) is 3.65. The molecule has 0 atom stereocenters. The van der Waals surface area contributed by atoms with Gasteiger partial charge in [0.1, 0.15) is 5.75 Å². The Hall–Kier alpha value is -0.770. The summed E-state index contributed by atoms with van der Waals surface area (Å²) in [5.41, 5.74) is 1.07. The molecule has 2 rings (SSSR count). The quantitative estimate of drug-likeness (QED) is 0.830. The molecule has 0 saturated carbocycles.